The molecule has 0 aromatic rings. The first kappa shape index (κ1) is 11.6. The molecule has 2 atom stereocenters. The van der Waals surface area contributed by atoms with Crippen LogP contribution in [0.1, 0.15) is 6.42 Å². The van der Waals surface area contributed by atoms with E-state index in [1.165, 1.54) is 0 Å². The van der Waals surface area contributed by atoms with E-state index in [4.69, 9.17) is 8.85 Å². The van der Waals surface area contributed by atoms with E-state index in [1.807, 2.05) is 6.55 Å². The van der Waals surface area contributed by atoms with Gasteiger partial charge in [-0.25, -0.2) is 9.69 Å². The molecule has 0 bridgehead atoms. The van der Waals surface area contributed by atoms with Crippen LogP contribution < -0.4 is 10.2 Å². The highest BCUT2D eigenvalue weighted by Gasteiger charge is 2.54. The number of amides is 2. The van der Waals surface area contributed by atoms with Crippen LogP contribution in [0.2, 0.25) is 6.55 Å². The van der Waals surface area contributed by atoms with E-state index >= 15 is 0 Å². The minimum Gasteiger partial charge on any atom is -0.394 e. The smallest absolute Gasteiger partial charge is 0.394 e. The fourth-order valence-corrected chi connectivity index (χ4v) is 4.12. The van der Waals surface area contributed by atoms with E-state index in [2.05, 4.69) is 5.32 Å². The van der Waals surface area contributed by atoms with Gasteiger partial charge in [0.2, 0.25) is 0 Å². The number of nitrogens with one attached hydrogen (secondary N) is 2. The van der Waals surface area contributed by atoms with Gasteiger partial charge in [0.1, 0.15) is 5.67 Å². The topological polar surface area (TPSA) is 52.0 Å². The summed E-state index contributed by atoms with van der Waals surface area (Å²) in [5.74, 6) is 0. The molecule has 1 heterocycles. The highest BCUT2D eigenvalue weighted by atomic mass is 28.4. The molecule has 1 saturated heterocycles. The summed E-state index contributed by atoms with van der Waals surface area (Å²) in [7, 11) is 2.83. The van der Waals surface area contributed by atoms with E-state index < -0.39 is 8.56 Å². The Kier molecular flexibility index (Phi) is 3.65. The molecule has 2 amide bonds. The van der Waals surface area contributed by atoms with Crippen LogP contribution in [0, 0.1) is 0 Å². The minimum atomic E-state index is -2.15. The molecular formula is C8H19N2O3Si+. The standard InChI is InChI=1S/C8H18N2O3Si/c1-9-8(11)10-6-5-7(10)14(4,12-2)13-3/h7H,5-6H2,1-4H3,(H,9,11)/p+1. The van der Waals surface area contributed by atoms with Crippen LogP contribution in [0.25, 0.3) is 0 Å². The SMILES string of the molecule is CNC(=O)[NH+]1CCC1[Si](C)(OC)OC. The second kappa shape index (κ2) is 4.39. The fraction of sp³-hybridized carbons (Fsp3) is 0.875. The minimum absolute atomic E-state index is 0.0362. The zero-order valence-corrected chi connectivity index (χ0v) is 10.2. The summed E-state index contributed by atoms with van der Waals surface area (Å²) in [5, 5.41) is 2.65. The molecule has 0 saturated carbocycles. The van der Waals surface area contributed by atoms with Gasteiger partial charge in [-0.05, 0) is 6.55 Å². The van der Waals surface area contributed by atoms with Crippen LogP contribution >= 0.6 is 0 Å². The Labute approximate surface area is 85.6 Å². The van der Waals surface area contributed by atoms with E-state index in [1.54, 1.807) is 21.3 Å². The number of urea groups is 1. The van der Waals surface area contributed by atoms with Crippen molar-refractivity contribution in [3.8, 4) is 0 Å². The summed E-state index contributed by atoms with van der Waals surface area (Å²) < 4.78 is 10.9. The summed E-state index contributed by atoms with van der Waals surface area (Å²) in [6.07, 6.45) is 1.01. The van der Waals surface area contributed by atoms with Crippen LogP contribution in [0.4, 0.5) is 4.79 Å². The largest absolute Gasteiger partial charge is 0.414 e. The molecule has 0 aliphatic carbocycles. The van der Waals surface area contributed by atoms with Gasteiger partial charge in [0.15, 0.2) is 0 Å². The zero-order valence-electron chi connectivity index (χ0n) is 9.22. The molecule has 1 fully saturated rings. The third kappa shape index (κ3) is 1.83. The summed E-state index contributed by atoms with van der Waals surface area (Å²) in [6.45, 7) is 2.87. The lowest BCUT2D eigenvalue weighted by Gasteiger charge is -2.41. The van der Waals surface area contributed by atoms with Gasteiger partial charge in [-0.3, -0.25) is 0 Å². The van der Waals surface area contributed by atoms with Gasteiger partial charge < -0.3 is 14.2 Å². The maximum Gasteiger partial charge on any atom is 0.414 e. The van der Waals surface area contributed by atoms with Crippen molar-refractivity contribution in [2.45, 2.75) is 18.6 Å². The first-order valence-corrected chi connectivity index (χ1v) is 7.16. The second-order valence-electron chi connectivity index (χ2n) is 3.62. The monoisotopic (exact) mass is 219 g/mol. The molecule has 5 nitrogen and oxygen atoms in total. The van der Waals surface area contributed by atoms with Crippen LogP contribution in [-0.2, 0) is 8.85 Å². The molecule has 0 radical (unpaired) electrons. The molecule has 1 aliphatic rings. The predicted molar refractivity (Wildman–Crippen MR) is 54.3 cm³/mol. The molecule has 0 spiro atoms. The van der Waals surface area contributed by atoms with Crippen molar-refractivity contribution in [3.05, 3.63) is 0 Å². The van der Waals surface area contributed by atoms with Gasteiger partial charge in [-0.2, -0.15) is 0 Å². The van der Waals surface area contributed by atoms with Crippen molar-refractivity contribution in [1.29, 1.82) is 0 Å². The van der Waals surface area contributed by atoms with Crippen LogP contribution in [0.5, 0.6) is 0 Å². The number of carbonyl (C=O) groups excluding carboxylic acids is 1. The van der Waals surface area contributed by atoms with Crippen molar-refractivity contribution >= 4 is 14.6 Å². The summed E-state index contributed by atoms with van der Waals surface area (Å²) >= 11 is 0. The Morgan fingerprint density at radius 1 is 1.50 bits per heavy atom. The fourth-order valence-electron chi connectivity index (χ4n) is 1.81. The molecule has 14 heavy (non-hydrogen) atoms. The number of carbonyl (C=O) groups is 1. The molecule has 6 heteroatoms. The summed E-state index contributed by atoms with van der Waals surface area (Å²) in [5.41, 5.74) is 0.220. The number of likely N-dealkylation sites (tertiary alicyclic amines) is 1. The first-order valence-electron chi connectivity index (χ1n) is 4.77. The average Bonchev–Trinajstić information content (AvgIpc) is 2.15. The Balaban J connectivity index is 2.65. The normalized spacial score (nSPS) is 26.9. The van der Waals surface area contributed by atoms with Gasteiger partial charge >= 0.3 is 14.6 Å². The number of quaternary nitrogens is 1. The van der Waals surface area contributed by atoms with Crippen molar-refractivity contribution in [2.24, 2.45) is 0 Å². The van der Waals surface area contributed by atoms with Crippen molar-refractivity contribution in [3.63, 3.8) is 0 Å². The van der Waals surface area contributed by atoms with E-state index in [0.29, 0.717) is 0 Å². The van der Waals surface area contributed by atoms with Crippen molar-refractivity contribution < 1.29 is 18.5 Å². The third-order valence-corrected chi connectivity index (χ3v) is 6.61. The van der Waals surface area contributed by atoms with E-state index in [-0.39, 0.29) is 11.7 Å². The van der Waals surface area contributed by atoms with Gasteiger partial charge in [0.25, 0.3) is 0 Å². The zero-order chi connectivity index (χ0) is 10.8. The summed E-state index contributed by atoms with van der Waals surface area (Å²) in [4.78, 5) is 12.4. The molecule has 2 N–H and O–H groups in total. The lowest BCUT2D eigenvalue weighted by atomic mass is 10.2. The summed E-state index contributed by atoms with van der Waals surface area (Å²) in [6, 6.07) is 0.0362. The molecule has 0 aromatic carbocycles. The lowest BCUT2D eigenvalue weighted by Crippen LogP contribution is -3.27. The van der Waals surface area contributed by atoms with Gasteiger partial charge in [-0.15, -0.1) is 0 Å². The van der Waals surface area contributed by atoms with Crippen LogP contribution in [-0.4, -0.2) is 48.1 Å². The van der Waals surface area contributed by atoms with Gasteiger partial charge in [0, 0.05) is 21.3 Å². The maximum absolute atomic E-state index is 11.4. The van der Waals surface area contributed by atoms with Crippen molar-refractivity contribution in [1.82, 2.24) is 5.32 Å². The number of rotatable bonds is 3. The molecule has 82 valence electrons. The Morgan fingerprint density at radius 2 is 2.07 bits per heavy atom. The maximum atomic E-state index is 11.4. The van der Waals surface area contributed by atoms with Crippen LogP contribution in [0.15, 0.2) is 0 Å². The van der Waals surface area contributed by atoms with Crippen molar-refractivity contribution in [2.75, 3.05) is 27.8 Å². The molecule has 2 unspecified atom stereocenters. The second-order valence-corrected chi connectivity index (χ2v) is 7.17. The first-order chi connectivity index (χ1) is 6.59. The predicted octanol–water partition coefficient (Wildman–Crippen LogP) is -1.11. The van der Waals surface area contributed by atoms with E-state index in [9.17, 15) is 4.79 Å². The third-order valence-electron chi connectivity index (χ3n) is 3.09. The molecule has 1 rings (SSSR count). The Morgan fingerprint density at radius 3 is 2.36 bits per heavy atom. The molecule has 1 aliphatic heterocycles. The van der Waals surface area contributed by atoms with Gasteiger partial charge in [0.05, 0.1) is 13.0 Å². The highest BCUT2D eigenvalue weighted by Crippen LogP contribution is 2.14. The molecular weight excluding hydrogens is 200 g/mol. The lowest BCUT2D eigenvalue weighted by molar-refractivity contribution is -0.877. The quantitative estimate of drug-likeness (QED) is 0.592. The Hall–Kier alpha value is -0.433. The number of hydrogen-bond acceptors (Lipinski definition) is 3. The molecule has 0 aromatic heterocycles. The van der Waals surface area contributed by atoms with Crippen LogP contribution in [0.3, 0.4) is 0 Å². The van der Waals surface area contributed by atoms with E-state index in [0.717, 1.165) is 17.9 Å². The average molecular weight is 219 g/mol. The number of hydrogen-bond donors (Lipinski definition) is 2. The Bertz CT molecular complexity index is 221. The van der Waals surface area contributed by atoms with Gasteiger partial charge in [-0.1, -0.05) is 0 Å². The highest BCUT2D eigenvalue weighted by molar-refractivity contribution is 6.67.